The number of fused-ring (bicyclic) bond motifs is 6. The van der Waals surface area contributed by atoms with Gasteiger partial charge in [-0.2, -0.15) is 5.26 Å². The lowest BCUT2D eigenvalue weighted by Gasteiger charge is -2.35. The van der Waals surface area contributed by atoms with E-state index >= 15 is 0 Å². The van der Waals surface area contributed by atoms with Gasteiger partial charge in [0.2, 0.25) is 5.91 Å². The third kappa shape index (κ3) is 3.31. The Morgan fingerprint density at radius 1 is 1.14 bits per heavy atom. The summed E-state index contributed by atoms with van der Waals surface area (Å²) in [4.78, 5) is 49.3. The average Bonchev–Trinajstić information content (AvgIpc) is 3.59. The highest BCUT2D eigenvalue weighted by Crippen LogP contribution is 2.44. The molecule has 1 aromatic heterocycles. The Kier molecular flexibility index (Phi) is 5.22. The van der Waals surface area contributed by atoms with E-state index in [4.69, 9.17) is 9.47 Å². The Morgan fingerprint density at radius 3 is 2.70 bits per heavy atom. The molecule has 10 nitrogen and oxygen atoms in total. The van der Waals surface area contributed by atoms with E-state index in [0.29, 0.717) is 46.6 Å². The number of carbonyl (C=O) groups excluding carboxylic acids is 3. The summed E-state index contributed by atoms with van der Waals surface area (Å²) in [6.07, 6.45) is 2.29. The molecule has 3 saturated heterocycles. The van der Waals surface area contributed by atoms with E-state index < -0.39 is 12.1 Å². The first-order chi connectivity index (χ1) is 18.0. The fraction of sp³-hybridized carbons (Fsp3) is 0.296. The number of aromatic nitrogens is 1. The monoisotopic (exact) mass is 497 g/mol. The molecule has 0 spiro atoms. The SMILES string of the molecule is COc1ccc(CC(=O)N2C[C@H]3CC2[C@@H]2C(=O)N(c4ccc(C#N)c5ncccc45)C(=O)N32)cc1OC. The van der Waals surface area contributed by atoms with E-state index in [1.165, 1.54) is 4.90 Å². The van der Waals surface area contributed by atoms with E-state index in [1.54, 1.807) is 66.6 Å². The van der Waals surface area contributed by atoms with E-state index in [2.05, 4.69) is 11.1 Å². The molecule has 186 valence electrons. The zero-order valence-electron chi connectivity index (χ0n) is 20.2. The predicted octanol–water partition coefficient (Wildman–Crippen LogP) is 2.49. The van der Waals surface area contributed by atoms with Crippen molar-refractivity contribution < 1.29 is 23.9 Å². The van der Waals surface area contributed by atoms with Gasteiger partial charge in [0, 0.05) is 18.1 Å². The Bertz CT molecular complexity index is 1510. The van der Waals surface area contributed by atoms with Gasteiger partial charge >= 0.3 is 6.03 Å². The molecule has 3 fully saturated rings. The van der Waals surface area contributed by atoms with Crippen LogP contribution in [-0.4, -0.2) is 71.5 Å². The topological polar surface area (TPSA) is 116 Å². The number of nitrogens with zero attached hydrogens (tertiary/aromatic N) is 5. The lowest BCUT2D eigenvalue weighted by molar-refractivity contribution is -0.135. The number of imide groups is 1. The molecule has 2 bridgehead atoms. The van der Waals surface area contributed by atoms with Crippen molar-refractivity contribution in [3.8, 4) is 17.6 Å². The summed E-state index contributed by atoms with van der Waals surface area (Å²) in [7, 11) is 3.09. The maximum atomic E-state index is 13.7. The van der Waals surface area contributed by atoms with Crippen molar-refractivity contribution in [3.05, 3.63) is 59.8 Å². The minimum absolute atomic E-state index is 0.105. The number of hydrogen-bond acceptors (Lipinski definition) is 7. The smallest absolute Gasteiger partial charge is 0.332 e. The average molecular weight is 498 g/mol. The van der Waals surface area contributed by atoms with Gasteiger partial charge in [0.15, 0.2) is 11.5 Å². The van der Waals surface area contributed by atoms with Crippen molar-refractivity contribution in [2.45, 2.75) is 31.0 Å². The molecule has 10 heteroatoms. The number of hydrogen-bond donors (Lipinski definition) is 0. The van der Waals surface area contributed by atoms with Crippen molar-refractivity contribution in [2.75, 3.05) is 25.7 Å². The number of nitriles is 1. The van der Waals surface area contributed by atoms with Gasteiger partial charge in [0.05, 0.1) is 49.5 Å². The van der Waals surface area contributed by atoms with Crippen LogP contribution in [0.15, 0.2) is 48.7 Å². The van der Waals surface area contributed by atoms with Crippen molar-refractivity contribution in [3.63, 3.8) is 0 Å². The van der Waals surface area contributed by atoms with Crippen molar-refractivity contribution in [2.24, 2.45) is 0 Å². The second-order valence-corrected chi connectivity index (χ2v) is 9.32. The van der Waals surface area contributed by atoms with Gasteiger partial charge in [-0.05, 0) is 48.4 Å². The van der Waals surface area contributed by atoms with Crippen molar-refractivity contribution in [1.82, 2.24) is 14.8 Å². The number of urea groups is 1. The molecule has 3 atom stereocenters. The number of benzene rings is 2. The fourth-order valence-corrected chi connectivity index (χ4v) is 5.88. The molecular formula is C27H23N5O5. The highest BCUT2D eigenvalue weighted by atomic mass is 16.5. The Hall–Kier alpha value is -4.65. The number of pyridine rings is 1. The minimum atomic E-state index is -0.733. The number of ether oxygens (including phenoxy) is 2. The number of piperazine rings is 1. The summed E-state index contributed by atoms with van der Waals surface area (Å²) in [6.45, 7) is 0.385. The van der Waals surface area contributed by atoms with Gasteiger partial charge in [-0.1, -0.05) is 6.07 Å². The summed E-state index contributed by atoms with van der Waals surface area (Å²) in [5, 5.41) is 10.0. The van der Waals surface area contributed by atoms with Crippen LogP contribution in [0.25, 0.3) is 10.9 Å². The normalized spacial score (nSPS) is 22.0. The van der Waals surface area contributed by atoms with Crippen LogP contribution in [0.2, 0.25) is 0 Å². The number of carbonyl (C=O) groups is 3. The van der Waals surface area contributed by atoms with Crippen LogP contribution < -0.4 is 14.4 Å². The maximum Gasteiger partial charge on any atom is 0.332 e. The minimum Gasteiger partial charge on any atom is -0.493 e. The van der Waals surface area contributed by atoms with E-state index in [-0.39, 0.29) is 30.3 Å². The Morgan fingerprint density at radius 2 is 1.95 bits per heavy atom. The van der Waals surface area contributed by atoms with Gasteiger partial charge in [0.1, 0.15) is 12.1 Å². The summed E-state index contributed by atoms with van der Waals surface area (Å²) in [5.74, 6) is 0.649. The van der Waals surface area contributed by atoms with Crippen LogP contribution in [-0.2, 0) is 16.0 Å². The molecule has 4 heterocycles. The number of likely N-dealkylation sites (tertiary alicyclic amines) is 1. The highest BCUT2D eigenvalue weighted by molar-refractivity contribution is 6.25. The second-order valence-electron chi connectivity index (χ2n) is 9.32. The standard InChI is InChI=1S/C27H23N5O5/c1-36-21-8-5-15(10-22(21)37-2)11-23(33)30-14-17-12-20(30)25-26(34)32(27(35)31(17)25)19-7-6-16(13-28)24-18(19)4-3-9-29-24/h3-10,17,20,25H,11-12,14H2,1-2H3/t17-,20?,25-/m1/s1. The van der Waals surface area contributed by atoms with Gasteiger partial charge < -0.3 is 19.3 Å². The van der Waals surface area contributed by atoms with Crippen LogP contribution in [0.5, 0.6) is 11.5 Å². The van der Waals surface area contributed by atoms with Gasteiger partial charge in [-0.3, -0.25) is 14.6 Å². The van der Waals surface area contributed by atoms with Crippen LogP contribution in [0.3, 0.4) is 0 Å². The molecule has 0 radical (unpaired) electrons. The number of rotatable bonds is 5. The highest BCUT2D eigenvalue weighted by Gasteiger charge is 2.62. The molecule has 3 aromatic rings. The molecule has 1 unspecified atom stereocenters. The lowest BCUT2D eigenvalue weighted by atomic mass is 10.1. The summed E-state index contributed by atoms with van der Waals surface area (Å²) < 4.78 is 10.6. The van der Waals surface area contributed by atoms with E-state index in [1.807, 2.05) is 6.07 Å². The molecule has 2 aromatic carbocycles. The first-order valence-corrected chi connectivity index (χ1v) is 11.9. The predicted molar refractivity (Wildman–Crippen MR) is 132 cm³/mol. The molecule has 0 saturated carbocycles. The molecule has 3 aliphatic rings. The molecule has 37 heavy (non-hydrogen) atoms. The van der Waals surface area contributed by atoms with Crippen LogP contribution in [0, 0.1) is 11.3 Å². The molecular weight excluding hydrogens is 474 g/mol. The number of anilines is 1. The van der Waals surface area contributed by atoms with Gasteiger partial charge in [-0.25, -0.2) is 9.69 Å². The van der Waals surface area contributed by atoms with Crippen LogP contribution >= 0.6 is 0 Å². The summed E-state index contributed by atoms with van der Waals surface area (Å²) in [5.41, 5.74) is 1.97. The largest absolute Gasteiger partial charge is 0.493 e. The van der Waals surface area contributed by atoms with Crippen molar-refractivity contribution in [1.29, 1.82) is 5.26 Å². The second kappa shape index (κ2) is 8.48. The first-order valence-electron chi connectivity index (χ1n) is 11.9. The maximum absolute atomic E-state index is 13.7. The fourth-order valence-electron chi connectivity index (χ4n) is 5.88. The van der Waals surface area contributed by atoms with Crippen molar-refractivity contribution >= 4 is 34.4 Å². The quantitative estimate of drug-likeness (QED) is 0.497. The zero-order valence-corrected chi connectivity index (χ0v) is 20.2. The van der Waals surface area contributed by atoms with E-state index in [0.717, 1.165) is 5.56 Å². The molecule has 3 aliphatic heterocycles. The van der Waals surface area contributed by atoms with E-state index in [9.17, 15) is 19.6 Å². The molecule has 4 amide bonds. The summed E-state index contributed by atoms with van der Waals surface area (Å²) >= 11 is 0. The lowest BCUT2D eigenvalue weighted by Crippen LogP contribution is -2.55. The van der Waals surface area contributed by atoms with Crippen LogP contribution in [0.1, 0.15) is 17.5 Å². The Labute approximate surface area is 212 Å². The Balaban J connectivity index is 1.27. The van der Waals surface area contributed by atoms with Crippen LogP contribution in [0.4, 0.5) is 10.5 Å². The third-order valence-corrected chi connectivity index (χ3v) is 7.50. The molecule has 0 aliphatic carbocycles. The first kappa shape index (κ1) is 22.8. The number of amides is 4. The number of methoxy groups -OCH3 is 2. The van der Waals surface area contributed by atoms with Gasteiger partial charge in [0.25, 0.3) is 5.91 Å². The third-order valence-electron chi connectivity index (χ3n) is 7.50. The molecule has 0 N–H and O–H groups in total. The summed E-state index contributed by atoms with van der Waals surface area (Å²) in [6, 6.07) is 12.3. The van der Waals surface area contributed by atoms with Gasteiger partial charge in [-0.15, -0.1) is 0 Å². The zero-order chi connectivity index (χ0) is 25.8. The molecule has 6 rings (SSSR count).